The van der Waals surface area contributed by atoms with Crippen molar-refractivity contribution in [2.75, 3.05) is 13.2 Å². The van der Waals surface area contributed by atoms with E-state index >= 15 is 0 Å². The molecule has 2 rings (SSSR count). The lowest BCUT2D eigenvalue weighted by Gasteiger charge is -2.18. The van der Waals surface area contributed by atoms with Crippen LogP contribution < -0.4 is 10.1 Å². The number of hydrogen-bond donors (Lipinski definition) is 1. The summed E-state index contributed by atoms with van der Waals surface area (Å²) in [6.45, 7) is 5.91. The maximum absolute atomic E-state index is 5.75. The summed E-state index contributed by atoms with van der Waals surface area (Å²) in [5, 5.41) is 3.55. The lowest BCUT2D eigenvalue weighted by atomic mass is 10.1. The van der Waals surface area contributed by atoms with Gasteiger partial charge in [-0.25, -0.2) is 0 Å². The minimum Gasteiger partial charge on any atom is -0.494 e. The minimum atomic E-state index is 0.188. The van der Waals surface area contributed by atoms with Crippen LogP contribution in [0.5, 0.6) is 5.75 Å². The zero-order valence-electron chi connectivity index (χ0n) is 12.2. The van der Waals surface area contributed by atoms with E-state index in [2.05, 4.69) is 75.3 Å². The van der Waals surface area contributed by atoms with E-state index in [0.717, 1.165) is 33.6 Å². The second kappa shape index (κ2) is 8.32. The summed E-state index contributed by atoms with van der Waals surface area (Å²) in [6.07, 6.45) is 1.02. The first kappa shape index (κ1) is 17.0. The molecule has 1 unspecified atom stereocenters. The van der Waals surface area contributed by atoms with Crippen LogP contribution in [0.25, 0.3) is 0 Å². The van der Waals surface area contributed by atoms with Crippen molar-refractivity contribution in [2.24, 2.45) is 0 Å². The Kier molecular flexibility index (Phi) is 6.74. The third-order valence-electron chi connectivity index (χ3n) is 3.02. The van der Waals surface area contributed by atoms with Crippen LogP contribution in [-0.2, 0) is 0 Å². The number of ether oxygens (including phenoxy) is 1. The largest absolute Gasteiger partial charge is 0.494 e. The lowest BCUT2D eigenvalue weighted by Crippen LogP contribution is -2.21. The van der Waals surface area contributed by atoms with Gasteiger partial charge in [-0.15, -0.1) is 11.3 Å². The van der Waals surface area contributed by atoms with Gasteiger partial charge >= 0.3 is 0 Å². The van der Waals surface area contributed by atoms with Crippen LogP contribution in [-0.4, -0.2) is 13.2 Å². The van der Waals surface area contributed by atoms with Crippen LogP contribution in [0.15, 0.2) is 38.6 Å². The Hall–Kier alpha value is -0.360. The molecule has 21 heavy (non-hydrogen) atoms. The molecule has 0 saturated heterocycles. The van der Waals surface area contributed by atoms with Crippen molar-refractivity contribution in [2.45, 2.75) is 26.3 Å². The molecule has 2 nitrogen and oxygen atoms in total. The summed E-state index contributed by atoms with van der Waals surface area (Å²) < 4.78 is 7.97. The highest BCUT2D eigenvalue weighted by molar-refractivity contribution is 9.13. The number of hydrogen-bond acceptors (Lipinski definition) is 3. The number of thiophene rings is 1. The third-order valence-corrected chi connectivity index (χ3v) is 6.34. The normalized spacial score (nSPS) is 12.4. The van der Waals surface area contributed by atoms with E-state index in [1.54, 1.807) is 11.3 Å². The molecule has 0 spiro atoms. The Balaban J connectivity index is 2.29. The maximum Gasteiger partial charge on any atom is 0.119 e. The van der Waals surface area contributed by atoms with E-state index in [9.17, 15) is 0 Å². The minimum absolute atomic E-state index is 0.188. The number of rotatable bonds is 7. The van der Waals surface area contributed by atoms with Crippen LogP contribution in [0.4, 0.5) is 0 Å². The lowest BCUT2D eigenvalue weighted by molar-refractivity contribution is 0.317. The molecule has 1 aromatic carbocycles. The smallest absolute Gasteiger partial charge is 0.119 e. The van der Waals surface area contributed by atoms with Gasteiger partial charge in [0, 0.05) is 9.35 Å². The van der Waals surface area contributed by atoms with Crippen molar-refractivity contribution in [3.05, 3.63) is 49.0 Å². The van der Waals surface area contributed by atoms with Gasteiger partial charge in [0.05, 0.1) is 16.4 Å². The molecule has 1 N–H and O–H groups in total. The molecule has 1 aromatic heterocycles. The fourth-order valence-electron chi connectivity index (χ4n) is 2.10. The van der Waals surface area contributed by atoms with Crippen LogP contribution >= 0.6 is 43.2 Å². The van der Waals surface area contributed by atoms with Crippen molar-refractivity contribution < 1.29 is 4.74 Å². The SMILES string of the molecule is CCCOc1cccc(C(NCC)c2cc(Br)c(Br)s2)c1. The highest BCUT2D eigenvalue weighted by Gasteiger charge is 2.17. The van der Waals surface area contributed by atoms with Crippen LogP contribution in [0, 0.1) is 0 Å². The summed E-state index contributed by atoms with van der Waals surface area (Å²) >= 11 is 8.89. The van der Waals surface area contributed by atoms with E-state index in [0.29, 0.717) is 0 Å². The molecule has 0 amide bonds. The van der Waals surface area contributed by atoms with Gasteiger partial charge in [-0.2, -0.15) is 0 Å². The van der Waals surface area contributed by atoms with Gasteiger partial charge in [-0.3, -0.25) is 0 Å². The Morgan fingerprint density at radius 1 is 1.24 bits per heavy atom. The fraction of sp³-hybridized carbons (Fsp3) is 0.375. The number of halogens is 2. The Morgan fingerprint density at radius 2 is 2.05 bits per heavy atom. The molecule has 5 heteroatoms. The van der Waals surface area contributed by atoms with Gasteiger partial charge in [-0.1, -0.05) is 26.0 Å². The molecule has 0 fully saturated rings. The van der Waals surface area contributed by atoms with E-state index in [-0.39, 0.29) is 6.04 Å². The molecule has 1 atom stereocenters. The van der Waals surface area contributed by atoms with Gasteiger partial charge in [0.2, 0.25) is 0 Å². The maximum atomic E-state index is 5.75. The van der Waals surface area contributed by atoms with E-state index in [4.69, 9.17) is 4.74 Å². The molecule has 114 valence electrons. The summed E-state index contributed by atoms with van der Waals surface area (Å²) in [5.74, 6) is 0.937. The zero-order chi connectivity index (χ0) is 15.2. The van der Waals surface area contributed by atoms with Gasteiger partial charge in [-0.05, 0) is 68.6 Å². The summed E-state index contributed by atoms with van der Waals surface area (Å²) in [6, 6.07) is 10.7. The van der Waals surface area contributed by atoms with E-state index in [1.807, 2.05) is 6.07 Å². The van der Waals surface area contributed by atoms with Crippen LogP contribution in [0.2, 0.25) is 0 Å². The third kappa shape index (κ3) is 4.55. The molecule has 2 aromatic rings. The molecule has 0 aliphatic rings. The predicted molar refractivity (Wildman–Crippen MR) is 97.5 cm³/mol. The molecule has 0 aliphatic carbocycles. The highest BCUT2D eigenvalue weighted by Crippen LogP contribution is 2.38. The van der Waals surface area contributed by atoms with Crippen molar-refractivity contribution in [1.29, 1.82) is 0 Å². The van der Waals surface area contributed by atoms with Crippen LogP contribution in [0.1, 0.15) is 36.8 Å². The molecule has 0 aliphatic heterocycles. The number of nitrogens with one attached hydrogen (secondary N) is 1. The summed E-state index contributed by atoms with van der Waals surface area (Å²) in [5.41, 5.74) is 1.23. The van der Waals surface area contributed by atoms with E-state index in [1.165, 1.54) is 10.4 Å². The molecular formula is C16H19Br2NOS. The first-order valence-electron chi connectivity index (χ1n) is 7.06. The van der Waals surface area contributed by atoms with Crippen molar-refractivity contribution in [1.82, 2.24) is 5.32 Å². The van der Waals surface area contributed by atoms with Crippen molar-refractivity contribution in [3.63, 3.8) is 0 Å². The van der Waals surface area contributed by atoms with Crippen molar-refractivity contribution >= 4 is 43.2 Å². The Morgan fingerprint density at radius 3 is 2.67 bits per heavy atom. The van der Waals surface area contributed by atoms with Crippen LogP contribution in [0.3, 0.4) is 0 Å². The standard InChI is InChI=1S/C16H19Br2NOS/c1-3-8-20-12-7-5-6-11(9-12)15(19-4-2)14-10-13(17)16(18)21-14/h5-7,9-10,15,19H,3-4,8H2,1-2H3. The first-order chi connectivity index (χ1) is 10.2. The topological polar surface area (TPSA) is 21.3 Å². The summed E-state index contributed by atoms with van der Waals surface area (Å²) in [7, 11) is 0. The number of benzene rings is 1. The zero-order valence-corrected chi connectivity index (χ0v) is 16.1. The van der Waals surface area contributed by atoms with Crippen molar-refractivity contribution in [3.8, 4) is 5.75 Å². The molecule has 0 radical (unpaired) electrons. The average Bonchev–Trinajstić information content (AvgIpc) is 2.82. The van der Waals surface area contributed by atoms with Gasteiger partial charge < -0.3 is 10.1 Å². The Labute approximate surface area is 147 Å². The quantitative estimate of drug-likeness (QED) is 0.600. The molecule has 0 saturated carbocycles. The van der Waals surface area contributed by atoms with E-state index < -0.39 is 0 Å². The molecular weight excluding hydrogens is 414 g/mol. The average molecular weight is 433 g/mol. The second-order valence-electron chi connectivity index (χ2n) is 4.68. The summed E-state index contributed by atoms with van der Waals surface area (Å²) in [4.78, 5) is 1.28. The second-order valence-corrected chi connectivity index (χ2v) is 7.94. The monoisotopic (exact) mass is 431 g/mol. The first-order valence-corrected chi connectivity index (χ1v) is 9.46. The highest BCUT2D eigenvalue weighted by atomic mass is 79.9. The molecule has 0 bridgehead atoms. The predicted octanol–water partition coefficient (Wildman–Crippen LogP) is 5.76. The molecule has 1 heterocycles. The Bertz CT molecular complexity index is 566. The van der Waals surface area contributed by atoms with Gasteiger partial charge in [0.15, 0.2) is 0 Å². The van der Waals surface area contributed by atoms with Gasteiger partial charge in [0.25, 0.3) is 0 Å². The van der Waals surface area contributed by atoms with Gasteiger partial charge in [0.1, 0.15) is 5.75 Å². The fourth-order valence-corrected chi connectivity index (χ4v) is 4.29.